The third-order valence-electron chi connectivity index (χ3n) is 3.71. The van der Waals surface area contributed by atoms with E-state index < -0.39 is 0 Å². The van der Waals surface area contributed by atoms with Gasteiger partial charge in [0.15, 0.2) is 0 Å². The minimum Gasteiger partial charge on any atom is -0.387 e. The molecule has 0 aliphatic carbocycles. The number of hydrogen-bond acceptors (Lipinski definition) is 2. The first-order valence-corrected chi connectivity index (χ1v) is 7.83. The highest BCUT2D eigenvalue weighted by atomic mass is 16.3. The van der Waals surface area contributed by atoms with Gasteiger partial charge in [0.25, 0.3) is 0 Å². The van der Waals surface area contributed by atoms with Crippen molar-refractivity contribution in [2.75, 3.05) is 0 Å². The van der Waals surface area contributed by atoms with E-state index in [2.05, 4.69) is 12.0 Å². The van der Waals surface area contributed by atoms with E-state index in [0.717, 1.165) is 24.2 Å². The quantitative estimate of drug-likeness (QED) is 0.641. The Kier molecular flexibility index (Phi) is 7.80. The van der Waals surface area contributed by atoms with Crippen LogP contribution in [0.2, 0.25) is 0 Å². The lowest BCUT2D eigenvalue weighted by molar-refractivity contribution is 0.154. The molecule has 0 aliphatic rings. The first kappa shape index (κ1) is 16.2. The van der Waals surface area contributed by atoms with Crippen molar-refractivity contribution in [3.05, 3.63) is 17.5 Å². The van der Waals surface area contributed by atoms with Crippen LogP contribution in [0.1, 0.15) is 82.2 Å². The van der Waals surface area contributed by atoms with Crippen LogP contribution >= 0.6 is 0 Å². The molecule has 0 amide bonds. The van der Waals surface area contributed by atoms with E-state index in [1.54, 1.807) is 4.68 Å². The number of aromatic nitrogens is 2. The molecule has 0 aromatic carbocycles. The number of hydrogen-bond donors (Lipinski definition) is 1. The van der Waals surface area contributed by atoms with Crippen molar-refractivity contribution in [2.24, 2.45) is 7.05 Å². The van der Waals surface area contributed by atoms with Gasteiger partial charge in [-0.2, -0.15) is 5.10 Å². The minimum absolute atomic E-state index is 0.355. The molecule has 0 saturated heterocycles. The van der Waals surface area contributed by atoms with Crippen molar-refractivity contribution < 1.29 is 5.11 Å². The summed E-state index contributed by atoms with van der Waals surface area (Å²) in [4.78, 5) is 0. The maximum atomic E-state index is 10.1. The van der Waals surface area contributed by atoms with E-state index in [1.165, 1.54) is 44.9 Å². The smallest absolute Gasteiger partial charge is 0.0956 e. The molecule has 1 unspecified atom stereocenters. The Morgan fingerprint density at radius 2 is 1.68 bits per heavy atom. The lowest BCUT2D eigenvalue weighted by Crippen LogP contribution is -2.05. The van der Waals surface area contributed by atoms with E-state index >= 15 is 0 Å². The van der Waals surface area contributed by atoms with E-state index in [4.69, 9.17) is 0 Å². The van der Waals surface area contributed by atoms with Gasteiger partial charge in [-0.05, 0) is 19.4 Å². The maximum absolute atomic E-state index is 10.1. The predicted octanol–water partition coefficient (Wildman–Crippen LogP) is 4.29. The summed E-state index contributed by atoms with van der Waals surface area (Å²) < 4.78 is 1.80. The maximum Gasteiger partial charge on any atom is 0.0956 e. The van der Waals surface area contributed by atoms with Crippen molar-refractivity contribution in [1.29, 1.82) is 0 Å². The van der Waals surface area contributed by atoms with Crippen LogP contribution in [0.5, 0.6) is 0 Å². The van der Waals surface area contributed by atoms with Gasteiger partial charge in [0, 0.05) is 7.05 Å². The van der Waals surface area contributed by atoms with E-state index in [9.17, 15) is 5.11 Å². The number of aliphatic hydroxyl groups excluding tert-OH is 1. The van der Waals surface area contributed by atoms with Crippen LogP contribution in [-0.4, -0.2) is 14.9 Å². The molecule has 0 bridgehead atoms. The monoisotopic (exact) mass is 266 g/mol. The first-order chi connectivity index (χ1) is 9.15. The summed E-state index contributed by atoms with van der Waals surface area (Å²) in [5.74, 6) is 0. The fraction of sp³-hybridized carbons (Fsp3) is 0.812. The van der Waals surface area contributed by atoms with Gasteiger partial charge in [-0.15, -0.1) is 0 Å². The highest BCUT2D eigenvalue weighted by molar-refractivity contribution is 5.11. The molecule has 1 rings (SSSR count). The van der Waals surface area contributed by atoms with Crippen molar-refractivity contribution in [3.63, 3.8) is 0 Å². The summed E-state index contributed by atoms with van der Waals surface area (Å²) in [6, 6.07) is 1.98. The average Bonchev–Trinajstić information content (AvgIpc) is 2.71. The number of aryl methyl sites for hydroxylation is 2. The second kappa shape index (κ2) is 9.13. The summed E-state index contributed by atoms with van der Waals surface area (Å²) in [6.45, 7) is 4.22. The molecule has 110 valence electrons. The SMILES string of the molecule is CCCCCCCCCCC(O)c1cc(C)nn1C. The summed E-state index contributed by atoms with van der Waals surface area (Å²) in [6.07, 6.45) is 10.9. The van der Waals surface area contributed by atoms with Crippen molar-refractivity contribution >= 4 is 0 Å². The van der Waals surface area contributed by atoms with E-state index in [-0.39, 0.29) is 6.10 Å². The minimum atomic E-state index is -0.355. The van der Waals surface area contributed by atoms with Gasteiger partial charge in [0.05, 0.1) is 17.5 Å². The molecule has 0 spiro atoms. The molecule has 3 heteroatoms. The van der Waals surface area contributed by atoms with Crippen LogP contribution in [0.4, 0.5) is 0 Å². The van der Waals surface area contributed by atoms with Crippen molar-refractivity contribution in [2.45, 2.75) is 77.7 Å². The molecular formula is C16H30N2O. The molecule has 0 radical (unpaired) electrons. The fourth-order valence-electron chi connectivity index (χ4n) is 2.56. The van der Waals surface area contributed by atoms with Gasteiger partial charge >= 0.3 is 0 Å². The van der Waals surface area contributed by atoms with Gasteiger partial charge < -0.3 is 5.11 Å². The highest BCUT2D eigenvalue weighted by Gasteiger charge is 2.12. The Morgan fingerprint density at radius 1 is 1.11 bits per heavy atom. The summed E-state index contributed by atoms with van der Waals surface area (Å²) in [5.41, 5.74) is 1.92. The molecule has 19 heavy (non-hydrogen) atoms. The molecule has 3 nitrogen and oxygen atoms in total. The second-order valence-electron chi connectivity index (χ2n) is 5.61. The highest BCUT2D eigenvalue weighted by Crippen LogP contribution is 2.20. The standard InChI is InChI=1S/C16H30N2O/c1-4-5-6-7-8-9-10-11-12-16(19)15-13-14(2)17-18(15)3/h13,16,19H,4-12H2,1-3H3. The number of nitrogens with zero attached hydrogens (tertiary/aromatic N) is 2. The van der Waals surface area contributed by atoms with Crippen LogP contribution in [0, 0.1) is 6.92 Å². The zero-order chi connectivity index (χ0) is 14.1. The summed E-state index contributed by atoms with van der Waals surface area (Å²) in [5, 5.41) is 14.4. The van der Waals surface area contributed by atoms with Crippen molar-refractivity contribution in [3.8, 4) is 0 Å². The molecule has 1 aromatic rings. The van der Waals surface area contributed by atoms with Crippen LogP contribution in [-0.2, 0) is 7.05 Å². The van der Waals surface area contributed by atoms with Gasteiger partial charge in [-0.1, -0.05) is 58.3 Å². The molecule has 0 aliphatic heterocycles. The average molecular weight is 266 g/mol. The lowest BCUT2D eigenvalue weighted by atomic mass is 10.0. The number of unbranched alkanes of at least 4 members (excludes halogenated alkanes) is 7. The molecule has 0 fully saturated rings. The summed E-state index contributed by atoms with van der Waals surface area (Å²) in [7, 11) is 1.90. The number of aliphatic hydroxyl groups is 1. The Hall–Kier alpha value is -0.830. The number of rotatable bonds is 10. The van der Waals surface area contributed by atoms with Crippen molar-refractivity contribution in [1.82, 2.24) is 9.78 Å². The zero-order valence-electron chi connectivity index (χ0n) is 12.9. The van der Waals surface area contributed by atoms with E-state index in [0.29, 0.717) is 0 Å². The molecule has 1 N–H and O–H groups in total. The topological polar surface area (TPSA) is 38.1 Å². The van der Waals surface area contributed by atoms with Gasteiger partial charge in [0.1, 0.15) is 0 Å². The Bertz CT molecular complexity index is 347. The van der Waals surface area contributed by atoms with Crippen LogP contribution in [0.15, 0.2) is 6.07 Å². The third-order valence-corrected chi connectivity index (χ3v) is 3.71. The summed E-state index contributed by atoms with van der Waals surface area (Å²) >= 11 is 0. The second-order valence-corrected chi connectivity index (χ2v) is 5.61. The molecule has 0 saturated carbocycles. The first-order valence-electron chi connectivity index (χ1n) is 7.83. The van der Waals surface area contributed by atoms with Gasteiger partial charge in [-0.3, -0.25) is 4.68 Å². The molecule has 1 atom stereocenters. The molecule has 1 heterocycles. The largest absolute Gasteiger partial charge is 0.387 e. The molecular weight excluding hydrogens is 236 g/mol. The third kappa shape index (κ3) is 6.24. The van der Waals surface area contributed by atoms with Crippen LogP contribution in [0.25, 0.3) is 0 Å². The van der Waals surface area contributed by atoms with Crippen LogP contribution in [0.3, 0.4) is 0 Å². The normalized spacial score (nSPS) is 12.8. The predicted molar refractivity (Wildman–Crippen MR) is 80.1 cm³/mol. The van der Waals surface area contributed by atoms with Crippen LogP contribution < -0.4 is 0 Å². The van der Waals surface area contributed by atoms with Gasteiger partial charge in [-0.25, -0.2) is 0 Å². The Morgan fingerprint density at radius 3 is 2.21 bits per heavy atom. The zero-order valence-corrected chi connectivity index (χ0v) is 12.9. The lowest BCUT2D eigenvalue weighted by Gasteiger charge is -2.10. The Balaban J connectivity index is 2.08. The fourth-order valence-corrected chi connectivity index (χ4v) is 2.56. The Labute approximate surface area is 118 Å². The van der Waals surface area contributed by atoms with Gasteiger partial charge in [0.2, 0.25) is 0 Å². The van der Waals surface area contributed by atoms with E-state index in [1.807, 2.05) is 20.0 Å². The molecule has 1 aromatic heterocycles.